The fraction of sp³-hybridized carbons (Fsp3) is 0.316. The Balaban J connectivity index is 1.60. The number of nitrogens with zero attached hydrogens (tertiary/aromatic N) is 4. The van der Waals surface area contributed by atoms with Gasteiger partial charge in [-0.25, -0.2) is 9.97 Å². The van der Waals surface area contributed by atoms with Crippen LogP contribution < -0.4 is 0 Å². The average Bonchev–Trinajstić information content (AvgIpc) is 3.10. The molecule has 3 aromatic rings. The molecule has 4 rings (SSSR count). The molecule has 0 unspecified atom stereocenters. The van der Waals surface area contributed by atoms with Gasteiger partial charge in [0.1, 0.15) is 11.3 Å². The van der Waals surface area contributed by atoms with Crippen molar-refractivity contribution in [2.24, 2.45) is 0 Å². The first-order chi connectivity index (χ1) is 11.7. The molecule has 24 heavy (non-hydrogen) atoms. The zero-order valence-corrected chi connectivity index (χ0v) is 13.7. The highest BCUT2D eigenvalue weighted by molar-refractivity contribution is 5.92. The van der Waals surface area contributed by atoms with E-state index in [2.05, 4.69) is 20.4 Å². The number of amides is 1. The molecule has 1 atom stereocenters. The second-order valence-electron chi connectivity index (χ2n) is 6.36. The molecular formula is C19H20N4O. The van der Waals surface area contributed by atoms with E-state index in [1.165, 1.54) is 5.69 Å². The molecule has 0 aliphatic carbocycles. The lowest BCUT2D eigenvalue weighted by molar-refractivity contribution is 0.0699. The third-order valence-electron chi connectivity index (χ3n) is 4.69. The number of aryl methyl sites for hydroxylation is 1. The van der Waals surface area contributed by atoms with Crippen molar-refractivity contribution in [2.45, 2.75) is 25.7 Å². The van der Waals surface area contributed by atoms with Crippen LogP contribution in [-0.2, 0) is 0 Å². The van der Waals surface area contributed by atoms with Crippen LogP contribution >= 0.6 is 0 Å². The molecular weight excluding hydrogens is 300 g/mol. The van der Waals surface area contributed by atoms with Crippen LogP contribution in [0.15, 0.2) is 48.8 Å². The molecule has 1 aliphatic heterocycles. The van der Waals surface area contributed by atoms with Crippen LogP contribution in [0.5, 0.6) is 0 Å². The fourth-order valence-electron chi connectivity index (χ4n) is 3.53. The molecule has 4 heterocycles. The Hall–Kier alpha value is -2.69. The van der Waals surface area contributed by atoms with E-state index in [9.17, 15) is 4.79 Å². The van der Waals surface area contributed by atoms with Gasteiger partial charge >= 0.3 is 0 Å². The van der Waals surface area contributed by atoms with E-state index in [1.807, 2.05) is 48.5 Å². The molecule has 0 saturated carbocycles. The lowest BCUT2D eigenvalue weighted by Crippen LogP contribution is -2.39. The van der Waals surface area contributed by atoms with Gasteiger partial charge in [-0.3, -0.25) is 4.79 Å². The number of hydrogen-bond acceptors (Lipinski definition) is 3. The minimum Gasteiger partial charge on any atom is -0.337 e. The van der Waals surface area contributed by atoms with Crippen LogP contribution in [0.2, 0.25) is 0 Å². The van der Waals surface area contributed by atoms with E-state index < -0.39 is 0 Å². The van der Waals surface area contributed by atoms with Crippen molar-refractivity contribution in [2.75, 3.05) is 13.1 Å². The Kier molecular flexibility index (Phi) is 3.76. The maximum absolute atomic E-state index is 12.8. The summed E-state index contributed by atoms with van der Waals surface area (Å²) in [6, 6.07) is 11.8. The van der Waals surface area contributed by atoms with Gasteiger partial charge in [0.05, 0.1) is 0 Å². The number of hydrogen-bond donors (Lipinski definition) is 0. The summed E-state index contributed by atoms with van der Waals surface area (Å²) in [5.74, 6) is 0.353. The summed E-state index contributed by atoms with van der Waals surface area (Å²) in [5, 5.41) is 0. The predicted molar refractivity (Wildman–Crippen MR) is 92.0 cm³/mol. The van der Waals surface area contributed by atoms with Gasteiger partial charge in [-0.1, -0.05) is 12.1 Å². The van der Waals surface area contributed by atoms with Gasteiger partial charge in [-0.15, -0.1) is 0 Å². The third-order valence-corrected chi connectivity index (χ3v) is 4.69. The molecule has 122 valence electrons. The van der Waals surface area contributed by atoms with Crippen molar-refractivity contribution in [3.05, 3.63) is 65.9 Å². The van der Waals surface area contributed by atoms with E-state index in [1.54, 1.807) is 6.07 Å². The normalized spacial score (nSPS) is 18.0. The summed E-state index contributed by atoms with van der Waals surface area (Å²) in [4.78, 5) is 23.5. The van der Waals surface area contributed by atoms with Crippen LogP contribution in [0, 0.1) is 6.92 Å². The zero-order chi connectivity index (χ0) is 16.5. The summed E-state index contributed by atoms with van der Waals surface area (Å²) < 4.78 is 2.13. The number of fused-ring (bicyclic) bond motifs is 1. The summed E-state index contributed by atoms with van der Waals surface area (Å²) in [7, 11) is 0. The number of likely N-dealkylation sites (tertiary alicyclic amines) is 1. The van der Waals surface area contributed by atoms with Gasteiger partial charge < -0.3 is 9.30 Å². The quantitative estimate of drug-likeness (QED) is 0.729. The maximum Gasteiger partial charge on any atom is 0.272 e. The first-order valence-corrected chi connectivity index (χ1v) is 8.37. The molecule has 1 amide bonds. The van der Waals surface area contributed by atoms with Crippen molar-refractivity contribution in [3.8, 4) is 0 Å². The lowest BCUT2D eigenvalue weighted by Gasteiger charge is -2.33. The largest absolute Gasteiger partial charge is 0.337 e. The van der Waals surface area contributed by atoms with E-state index >= 15 is 0 Å². The molecule has 1 saturated heterocycles. The maximum atomic E-state index is 12.8. The van der Waals surface area contributed by atoms with Crippen molar-refractivity contribution in [1.29, 1.82) is 0 Å². The Morgan fingerprint density at radius 3 is 2.96 bits per heavy atom. The zero-order valence-electron chi connectivity index (χ0n) is 13.7. The molecule has 0 spiro atoms. The summed E-state index contributed by atoms with van der Waals surface area (Å²) in [5.41, 5.74) is 3.59. The Morgan fingerprint density at radius 1 is 1.21 bits per heavy atom. The second-order valence-corrected chi connectivity index (χ2v) is 6.36. The van der Waals surface area contributed by atoms with Gasteiger partial charge in [0.2, 0.25) is 0 Å². The molecule has 0 radical (unpaired) electrons. The van der Waals surface area contributed by atoms with Gasteiger partial charge in [0.15, 0.2) is 0 Å². The third kappa shape index (κ3) is 2.66. The highest BCUT2D eigenvalue weighted by atomic mass is 16.2. The van der Waals surface area contributed by atoms with Crippen LogP contribution in [-0.4, -0.2) is 38.3 Å². The minimum atomic E-state index is 0.0289. The number of aromatic nitrogens is 3. The number of rotatable bonds is 2. The highest BCUT2D eigenvalue weighted by Gasteiger charge is 2.27. The number of carbonyl (C=O) groups excluding carboxylic acids is 1. The smallest absolute Gasteiger partial charge is 0.272 e. The second kappa shape index (κ2) is 6.07. The van der Waals surface area contributed by atoms with Gasteiger partial charge in [-0.05, 0) is 44.0 Å². The predicted octanol–water partition coefficient (Wildman–Crippen LogP) is 3.06. The van der Waals surface area contributed by atoms with Crippen LogP contribution in [0.25, 0.3) is 5.65 Å². The Labute approximate surface area is 141 Å². The minimum absolute atomic E-state index is 0.0289. The van der Waals surface area contributed by atoms with Crippen molar-refractivity contribution < 1.29 is 4.79 Å². The molecule has 1 aliphatic rings. The van der Waals surface area contributed by atoms with Crippen molar-refractivity contribution in [3.63, 3.8) is 0 Å². The Bertz CT molecular complexity index is 886. The molecule has 1 fully saturated rings. The molecule has 5 heteroatoms. The number of pyridine rings is 2. The monoisotopic (exact) mass is 320 g/mol. The van der Waals surface area contributed by atoms with Crippen LogP contribution in [0.3, 0.4) is 0 Å². The van der Waals surface area contributed by atoms with Crippen LogP contribution in [0.1, 0.15) is 40.6 Å². The van der Waals surface area contributed by atoms with E-state index in [-0.39, 0.29) is 5.91 Å². The van der Waals surface area contributed by atoms with Crippen molar-refractivity contribution >= 4 is 11.6 Å². The summed E-state index contributed by atoms with van der Waals surface area (Å²) in [6.07, 6.45) is 5.91. The fourth-order valence-corrected chi connectivity index (χ4v) is 3.53. The SMILES string of the molecule is Cc1cccc(C(=O)N2CCC[C@@H](c3cccc4nccn34)C2)n1. The van der Waals surface area contributed by atoms with Crippen LogP contribution in [0.4, 0.5) is 0 Å². The standard InChI is InChI=1S/C19H20N4O/c1-14-5-2-7-16(21-14)19(24)22-11-4-6-15(13-22)17-8-3-9-18-20-10-12-23(17)18/h2-3,5,7-10,12,15H,4,6,11,13H2,1H3/t15-/m1/s1. The van der Waals surface area contributed by atoms with E-state index in [4.69, 9.17) is 0 Å². The lowest BCUT2D eigenvalue weighted by atomic mass is 9.93. The first kappa shape index (κ1) is 14.9. The molecule has 5 nitrogen and oxygen atoms in total. The summed E-state index contributed by atoms with van der Waals surface area (Å²) >= 11 is 0. The molecule has 0 N–H and O–H groups in total. The molecule has 0 bridgehead atoms. The Morgan fingerprint density at radius 2 is 2.08 bits per heavy atom. The highest BCUT2D eigenvalue weighted by Crippen LogP contribution is 2.28. The first-order valence-electron chi connectivity index (χ1n) is 8.37. The summed E-state index contributed by atoms with van der Waals surface area (Å²) in [6.45, 7) is 3.44. The van der Waals surface area contributed by atoms with E-state index in [0.717, 1.165) is 37.3 Å². The van der Waals surface area contributed by atoms with Gasteiger partial charge in [0.25, 0.3) is 5.91 Å². The van der Waals surface area contributed by atoms with E-state index in [0.29, 0.717) is 11.6 Å². The number of imidazole rings is 1. The van der Waals surface area contributed by atoms with Gasteiger partial charge in [-0.2, -0.15) is 0 Å². The number of carbonyl (C=O) groups is 1. The topological polar surface area (TPSA) is 50.5 Å². The van der Waals surface area contributed by atoms with Gasteiger partial charge in [0, 0.05) is 42.8 Å². The average molecular weight is 320 g/mol. The molecule has 0 aromatic carbocycles. The number of piperidine rings is 1. The molecule has 3 aromatic heterocycles. The van der Waals surface area contributed by atoms with Crippen molar-refractivity contribution in [1.82, 2.24) is 19.3 Å².